The molecule has 3 rings (SSSR count). The van der Waals surface area contributed by atoms with Gasteiger partial charge in [0.15, 0.2) is 0 Å². The normalized spacial score (nSPS) is 11.5. The molecule has 0 unspecified atom stereocenters. The number of aryl methyl sites for hydroxylation is 1. The molecule has 1 aromatic heterocycles. The van der Waals surface area contributed by atoms with Gasteiger partial charge in [0.1, 0.15) is 0 Å². The summed E-state index contributed by atoms with van der Waals surface area (Å²) in [6.07, 6.45) is 2.27. The highest BCUT2D eigenvalue weighted by molar-refractivity contribution is 7.98. The molecule has 1 N–H and O–H groups in total. The second-order valence-corrected chi connectivity index (χ2v) is 6.84. The highest BCUT2D eigenvalue weighted by Crippen LogP contribution is 2.36. The summed E-state index contributed by atoms with van der Waals surface area (Å²) in [7, 11) is 0. The summed E-state index contributed by atoms with van der Waals surface area (Å²) < 4.78 is 5.31. The SMILES string of the molecule is CSc1c(CC(=O)OC(C)C)cc(C)c2c1[nH]c1ccccc12. The molecule has 0 amide bonds. The van der Waals surface area contributed by atoms with Crippen molar-refractivity contribution in [2.24, 2.45) is 0 Å². The number of nitrogens with one attached hydrogen (secondary N) is 1. The average molecular weight is 327 g/mol. The second kappa shape index (κ2) is 6.28. The number of thioether (sulfide) groups is 1. The summed E-state index contributed by atoms with van der Waals surface area (Å²) in [4.78, 5) is 16.7. The number of carbonyl (C=O) groups is 1. The number of aromatic nitrogens is 1. The molecule has 0 radical (unpaired) electrons. The van der Waals surface area contributed by atoms with E-state index in [1.165, 1.54) is 16.3 Å². The minimum absolute atomic E-state index is 0.0851. The van der Waals surface area contributed by atoms with Crippen molar-refractivity contribution in [3.8, 4) is 0 Å². The molecule has 2 aromatic carbocycles. The number of hydrogen-bond acceptors (Lipinski definition) is 3. The lowest BCUT2D eigenvalue weighted by atomic mass is 10.0. The number of carbonyl (C=O) groups excluding carboxylic acids is 1. The van der Waals surface area contributed by atoms with E-state index in [2.05, 4.69) is 36.2 Å². The smallest absolute Gasteiger partial charge is 0.310 e. The standard InChI is InChI=1S/C19H21NO2S/c1-11(2)22-16(21)10-13-9-12(3)17-14-7-5-6-8-15(14)20-18(17)19(13)23-4/h5-9,11,20H,10H2,1-4H3. The molecule has 0 bridgehead atoms. The van der Waals surface area contributed by atoms with E-state index < -0.39 is 0 Å². The molecule has 0 fully saturated rings. The molecule has 0 aliphatic heterocycles. The van der Waals surface area contributed by atoms with E-state index in [0.29, 0.717) is 6.42 Å². The molecule has 23 heavy (non-hydrogen) atoms. The Morgan fingerprint density at radius 2 is 2.04 bits per heavy atom. The van der Waals surface area contributed by atoms with Gasteiger partial charge in [0.05, 0.1) is 18.0 Å². The zero-order valence-electron chi connectivity index (χ0n) is 13.9. The largest absolute Gasteiger partial charge is 0.463 e. The highest BCUT2D eigenvalue weighted by Gasteiger charge is 2.17. The zero-order chi connectivity index (χ0) is 16.6. The van der Waals surface area contributed by atoms with Crippen molar-refractivity contribution in [2.75, 3.05) is 6.26 Å². The van der Waals surface area contributed by atoms with Gasteiger partial charge in [-0.1, -0.05) is 24.3 Å². The zero-order valence-corrected chi connectivity index (χ0v) is 14.7. The summed E-state index contributed by atoms with van der Waals surface area (Å²) in [5.41, 5.74) is 4.45. The molecule has 4 heteroatoms. The number of fused-ring (bicyclic) bond motifs is 3. The number of esters is 1. The third-order valence-electron chi connectivity index (χ3n) is 3.92. The summed E-state index contributed by atoms with van der Waals surface area (Å²) >= 11 is 1.67. The topological polar surface area (TPSA) is 42.1 Å². The van der Waals surface area contributed by atoms with E-state index >= 15 is 0 Å². The molecule has 0 saturated carbocycles. The number of rotatable bonds is 4. The predicted molar refractivity (Wildman–Crippen MR) is 97.3 cm³/mol. The predicted octanol–water partition coefficient (Wildman–Crippen LogP) is 4.85. The molecule has 0 atom stereocenters. The minimum Gasteiger partial charge on any atom is -0.463 e. The third kappa shape index (κ3) is 2.95. The first-order valence-corrected chi connectivity index (χ1v) is 9.00. The van der Waals surface area contributed by atoms with Gasteiger partial charge in [-0.05, 0) is 44.2 Å². The first-order chi connectivity index (χ1) is 11.0. The van der Waals surface area contributed by atoms with Crippen LogP contribution in [0, 0.1) is 6.92 Å². The number of ether oxygens (including phenoxy) is 1. The van der Waals surface area contributed by atoms with Crippen LogP contribution in [0.25, 0.3) is 21.8 Å². The minimum atomic E-state index is -0.176. The molecule has 120 valence electrons. The Bertz CT molecular complexity index is 880. The van der Waals surface area contributed by atoms with E-state index in [-0.39, 0.29) is 12.1 Å². The van der Waals surface area contributed by atoms with Crippen LogP contribution in [0.3, 0.4) is 0 Å². The maximum Gasteiger partial charge on any atom is 0.310 e. The molecule has 1 heterocycles. The van der Waals surface area contributed by atoms with E-state index in [1.807, 2.05) is 26.2 Å². The third-order valence-corrected chi connectivity index (χ3v) is 4.79. The second-order valence-electron chi connectivity index (χ2n) is 6.02. The van der Waals surface area contributed by atoms with Crippen LogP contribution in [0.2, 0.25) is 0 Å². The molecule has 0 aliphatic rings. The van der Waals surface area contributed by atoms with Crippen molar-refractivity contribution >= 4 is 39.5 Å². The molecule has 3 nitrogen and oxygen atoms in total. The summed E-state index contributed by atoms with van der Waals surface area (Å²) in [5.74, 6) is -0.176. The maximum absolute atomic E-state index is 12.1. The van der Waals surface area contributed by atoms with E-state index in [9.17, 15) is 4.79 Å². The Morgan fingerprint density at radius 1 is 1.30 bits per heavy atom. The number of aromatic amines is 1. The van der Waals surface area contributed by atoms with Gasteiger partial charge < -0.3 is 9.72 Å². The number of H-pyrrole nitrogens is 1. The summed E-state index contributed by atoms with van der Waals surface area (Å²) in [6, 6.07) is 10.4. The van der Waals surface area contributed by atoms with Gasteiger partial charge in [-0.25, -0.2) is 0 Å². The molecular weight excluding hydrogens is 306 g/mol. The fraction of sp³-hybridized carbons (Fsp3) is 0.316. The van der Waals surface area contributed by atoms with E-state index in [4.69, 9.17) is 4.74 Å². The molecule has 0 spiro atoms. The number of benzene rings is 2. The molecule has 0 saturated heterocycles. The maximum atomic E-state index is 12.1. The van der Waals surface area contributed by atoms with E-state index in [1.54, 1.807) is 11.8 Å². The Balaban J connectivity index is 2.16. The lowest BCUT2D eigenvalue weighted by Gasteiger charge is -2.12. The molecule has 0 aliphatic carbocycles. The van der Waals surface area contributed by atoms with E-state index in [0.717, 1.165) is 21.5 Å². The highest BCUT2D eigenvalue weighted by atomic mass is 32.2. The van der Waals surface area contributed by atoms with Crippen LogP contribution in [-0.2, 0) is 16.0 Å². The fourth-order valence-electron chi connectivity index (χ4n) is 3.11. The van der Waals surface area contributed by atoms with Gasteiger partial charge >= 0.3 is 5.97 Å². The Labute approximate surface area is 140 Å². The van der Waals surface area contributed by atoms with Gasteiger partial charge in [0.25, 0.3) is 0 Å². The van der Waals surface area contributed by atoms with Crippen LogP contribution in [0.5, 0.6) is 0 Å². The van der Waals surface area contributed by atoms with Gasteiger partial charge in [-0.15, -0.1) is 11.8 Å². The average Bonchev–Trinajstić information content (AvgIpc) is 2.86. The number of para-hydroxylation sites is 1. The van der Waals surface area contributed by atoms with Crippen LogP contribution in [0.15, 0.2) is 35.2 Å². The van der Waals surface area contributed by atoms with Crippen molar-refractivity contribution in [1.82, 2.24) is 4.98 Å². The van der Waals surface area contributed by atoms with Gasteiger partial charge in [-0.3, -0.25) is 4.79 Å². The fourth-order valence-corrected chi connectivity index (χ4v) is 3.86. The first-order valence-electron chi connectivity index (χ1n) is 7.77. The van der Waals surface area contributed by atoms with Crippen LogP contribution in [-0.4, -0.2) is 23.3 Å². The Hall–Kier alpha value is -1.94. The quantitative estimate of drug-likeness (QED) is 0.550. The van der Waals surface area contributed by atoms with Crippen LogP contribution >= 0.6 is 11.8 Å². The Kier molecular flexibility index (Phi) is 4.35. The van der Waals surface area contributed by atoms with Crippen LogP contribution in [0.1, 0.15) is 25.0 Å². The lowest BCUT2D eigenvalue weighted by molar-refractivity contribution is -0.146. The van der Waals surface area contributed by atoms with Gasteiger partial charge in [-0.2, -0.15) is 0 Å². The van der Waals surface area contributed by atoms with Crippen molar-refractivity contribution < 1.29 is 9.53 Å². The summed E-state index contributed by atoms with van der Waals surface area (Å²) in [6.45, 7) is 5.85. The summed E-state index contributed by atoms with van der Waals surface area (Å²) in [5, 5.41) is 2.47. The lowest BCUT2D eigenvalue weighted by Crippen LogP contribution is -2.14. The van der Waals surface area contributed by atoms with Crippen molar-refractivity contribution in [1.29, 1.82) is 0 Å². The van der Waals surface area contributed by atoms with Gasteiger partial charge in [0.2, 0.25) is 0 Å². The molecule has 3 aromatic rings. The monoisotopic (exact) mass is 327 g/mol. The van der Waals surface area contributed by atoms with Crippen molar-refractivity contribution in [3.63, 3.8) is 0 Å². The number of hydrogen-bond donors (Lipinski definition) is 1. The van der Waals surface area contributed by atoms with Crippen molar-refractivity contribution in [2.45, 2.75) is 38.2 Å². The van der Waals surface area contributed by atoms with Gasteiger partial charge in [0, 0.05) is 21.2 Å². The molecular formula is C19H21NO2S. The Morgan fingerprint density at radius 3 is 2.74 bits per heavy atom. The van der Waals surface area contributed by atoms with Crippen molar-refractivity contribution in [3.05, 3.63) is 41.5 Å². The van der Waals surface area contributed by atoms with Crippen LogP contribution in [0.4, 0.5) is 0 Å². The first kappa shape index (κ1) is 15.9. The van der Waals surface area contributed by atoms with Crippen LogP contribution < -0.4 is 0 Å².